The van der Waals surface area contributed by atoms with E-state index in [0.29, 0.717) is 18.3 Å². The van der Waals surface area contributed by atoms with Crippen molar-refractivity contribution in [3.8, 4) is 11.5 Å². The van der Waals surface area contributed by atoms with Crippen LogP contribution < -0.4 is 0 Å². The van der Waals surface area contributed by atoms with Gasteiger partial charge in [0.05, 0.1) is 0 Å². The fourth-order valence-electron chi connectivity index (χ4n) is 3.17. The standard InChI is InChI=1S/C18H21N5O2/c1-13-19-20-18(25-13)15-4-3-14-5-6-23(16(14)11-15)12-17(24)22-9-7-21(2)8-10-22/h3-6,11H,7-10,12H2,1-2H3. The van der Waals surface area contributed by atoms with E-state index < -0.39 is 0 Å². The Labute approximate surface area is 145 Å². The number of carbonyl (C=O) groups excluding carboxylic acids is 1. The number of aryl methyl sites for hydroxylation is 1. The lowest BCUT2D eigenvalue weighted by atomic mass is 10.1. The van der Waals surface area contributed by atoms with Gasteiger partial charge in [0.25, 0.3) is 0 Å². The van der Waals surface area contributed by atoms with Gasteiger partial charge in [0, 0.05) is 50.4 Å². The first-order valence-corrected chi connectivity index (χ1v) is 8.46. The van der Waals surface area contributed by atoms with Crippen LogP contribution in [0.2, 0.25) is 0 Å². The van der Waals surface area contributed by atoms with Crippen molar-refractivity contribution in [2.24, 2.45) is 0 Å². The third-order valence-corrected chi connectivity index (χ3v) is 4.71. The lowest BCUT2D eigenvalue weighted by Gasteiger charge is -2.32. The summed E-state index contributed by atoms with van der Waals surface area (Å²) in [5, 5.41) is 9.04. The van der Waals surface area contributed by atoms with Gasteiger partial charge in [-0.05, 0) is 30.6 Å². The van der Waals surface area contributed by atoms with Gasteiger partial charge in [-0.25, -0.2) is 0 Å². The summed E-state index contributed by atoms with van der Waals surface area (Å²) in [6, 6.07) is 8.00. The second-order valence-electron chi connectivity index (χ2n) is 6.53. The number of fused-ring (bicyclic) bond motifs is 1. The van der Waals surface area contributed by atoms with E-state index in [1.54, 1.807) is 6.92 Å². The van der Waals surface area contributed by atoms with Crippen LogP contribution in [0.3, 0.4) is 0 Å². The fraction of sp³-hybridized carbons (Fsp3) is 0.389. The number of nitrogens with zero attached hydrogens (tertiary/aromatic N) is 5. The monoisotopic (exact) mass is 339 g/mol. The number of piperazine rings is 1. The Morgan fingerprint density at radius 1 is 1.16 bits per heavy atom. The van der Waals surface area contributed by atoms with Gasteiger partial charge in [-0.15, -0.1) is 10.2 Å². The molecule has 0 aliphatic carbocycles. The van der Waals surface area contributed by atoms with Gasteiger partial charge in [0.15, 0.2) is 0 Å². The van der Waals surface area contributed by atoms with Crippen LogP contribution in [0.4, 0.5) is 0 Å². The van der Waals surface area contributed by atoms with Gasteiger partial charge in [-0.3, -0.25) is 4.79 Å². The number of amides is 1. The molecular weight excluding hydrogens is 318 g/mol. The van der Waals surface area contributed by atoms with Gasteiger partial charge >= 0.3 is 0 Å². The quantitative estimate of drug-likeness (QED) is 0.727. The number of likely N-dealkylation sites (N-methyl/N-ethyl adjacent to an activating group) is 1. The van der Waals surface area contributed by atoms with Gasteiger partial charge in [-0.1, -0.05) is 6.07 Å². The molecular formula is C18H21N5O2. The summed E-state index contributed by atoms with van der Waals surface area (Å²) >= 11 is 0. The molecule has 7 heteroatoms. The first kappa shape index (κ1) is 15.8. The van der Waals surface area contributed by atoms with E-state index in [1.807, 2.05) is 39.9 Å². The zero-order valence-corrected chi connectivity index (χ0v) is 14.5. The summed E-state index contributed by atoms with van der Waals surface area (Å²) in [4.78, 5) is 16.8. The number of carbonyl (C=O) groups is 1. The lowest BCUT2D eigenvalue weighted by molar-refractivity contribution is -0.133. The molecule has 0 saturated carbocycles. The molecule has 0 N–H and O–H groups in total. The van der Waals surface area contributed by atoms with Gasteiger partial charge in [0.1, 0.15) is 6.54 Å². The molecule has 2 aromatic heterocycles. The Balaban J connectivity index is 1.58. The van der Waals surface area contributed by atoms with E-state index in [-0.39, 0.29) is 5.91 Å². The lowest BCUT2D eigenvalue weighted by Crippen LogP contribution is -2.48. The molecule has 3 heterocycles. The Bertz CT molecular complexity index is 905. The summed E-state index contributed by atoms with van der Waals surface area (Å²) in [5.41, 5.74) is 1.86. The summed E-state index contributed by atoms with van der Waals surface area (Å²) in [6.45, 7) is 5.56. The van der Waals surface area contributed by atoms with Crippen LogP contribution in [0.1, 0.15) is 5.89 Å². The number of hydrogen-bond donors (Lipinski definition) is 0. The normalized spacial score (nSPS) is 15.8. The average Bonchev–Trinajstić information content (AvgIpc) is 3.22. The second-order valence-corrected chi connectivity index (χ2v) is 6.53. The Hall–Kier alpha value is -2.67. The molecule has 25 heavy (non-hydrogen) atoms. The van der Waals surface area contributed by atoms with Crippen molar-refractivity contribution in [2.75, 3.05) is 33.2 Å². The highest BCUT2D eigenvalue weighted by molar-refractivity contribution is 5.86. The number of rotatable bonds is 3. The molecule has 0 radical (unpaired) electrons. The minimum absolute atomic E-state index is 0.157. The van der Waals surface area contributed by atoms with Crippen molar-refractivity contribution in [3.63, 3.8) is 0 Å². The smallest absolute Gasteiger partial charge is 0.247 e. The number of hydrogen-bond acceptors (Lipinski definition) is 5. The zero-order valence-electron chi connectivity index (χ0n) is 14.5. The van der Waals surface area contributed by atoms with Crippen molar-refractivity contribution in [1.82, 2.24) is 24.6 Å². The van der Waals surface area contributed by atoms with E-state index in [9.17, 15) is 4.79 Å². The highest BCUT2D eigenvalue weighted by Crippen LogP contribution is 2.24. The maximum atomic E-state index is 12.6. The topological polar surface area (TPSA) is 67.4 Å². The van der Waals surface area contributed by atoms with E-state index in [4.69, 9.17) is 4.42 Å². The maximum absolute atomic E-state index is 12.6. The first-order valence-electron chi connectivity index (χ1n) is 8.46. The van der Waals surface area contributed by atoms with E-state index in [2.05, 4.69) is 22.1 Å². The van der Waals surface area contributed by atoms with Crippen molar-refractivity contribution in [1.29, 1.82) is 0 Å². The molecule has 0 atom stereocenters. The zero-order chi connectivity index (χ0) is 17.4. The molecule has 0 unspecified atom stereocenters. The van der Waals surface area contributed by atoms with Crippen LogP contribution >= 0.6 is 0 Å². The largest absolute Gasteiger partial charge is 0.421 e. The Kier molecular flexibility index (Phi) is 4.01. The second kappa shape index (κ2) is 6.33. The summed E-state index contributed by atoms with van der Waals surface area (Å²) in [7, 11) is 2.09. The maximum Gasteiger partial charge on any atom is 0.247 e. The SMILES string of the molecule is Cc1nnc(-c2ccc3ccn(CC(=O)N4CCN(C)CC4)c3c2)o1. The van der Waals surface area contributed by atoms with Crippen LogP contribution in [-0.4, -0.2) is 63.7 Å². The molecule has 0 spiro atoms. The van der Waals surface area contributed by atoms with Crippen molar-refractivity contribution >= 4 is 16.8 Å². The van der Waals surface area contributed by atoms with Gasteiger partial charge < -0.3 is 18.8 Å². The van der Waals surface area contributed by atoms with Crippen molar-refractivity contribution < 1.29 is 9.21 Å². The van der Waals surface area contributed by atoms with E-state index >= 15 is 0 Å². The molecule has 130 valence electrons. The molecule has 1 saturated heterocycles. The minimum Gasteiger partial charge on any atom is -0.421 e. The van der Waals surface area contributed by atoms with Crippen LogP contribution in [0, 0.1) is 6.92 Å². The van der Waals surface area contributed by atoms with Crippen LogP contribution in [0.5, 0.6) is 0 Å². The predicted molar refractivity (Wildman–Crippen MR) is 94.0 cm³/mol. The summed E-state index contributed by atoms with van der Waals surface area (Å²) in [6.07, 6.45) is 1.96. The molecule has 7 nitrogen and oxygen atoms in total. The van der Waals surface area contributed by atoms with Crippen LogP contribution in [-0.2, 0) is 11.3 Å². The number of benzene rings is 1. The minimum atomic E-state index is 0.157. The molecule has 1 amide bonds. The Morgan fingerprint density at radius 3 is 2.68 bits per heavy atom. The summed E-state index contributed by atoms with van der Waals surface area (Å²) < 4.78 is 7.50. The third-order valence-electron chi connectivity index (χ3n) is 4.71. The Morgan fingerprint density at radius 2 is 1.96 bits per heavy atom. The van der Waals surface area contributed by atoms with Crippen LogP contribution in [0.25, 0.3) is 22.4 Å². The highest BCUT2D eigenvalue weighted by atomic mass is 16.4. The fourth-order valence-corrected chi connectivity index (χ4v) is 3.17. The van der Waals surface area contributed by atoms with Crippen molar-refractivity contribution in [2.45, 2.75) is 13.5 Å². The van der Waals surface area contributed by atoms with Gasteiger partial charge in [0.2, 0.25) is 17.7 Å². The number of aromatic nitrogens is 3. The predicted octanol–water partition coefficient (Wildman–Crippen LogP) is 1.77. The molecule has 0 bridgehead atoms. The third kappa shape index (κ3) is 3.15. The van der Waals surface area contributed by atoms with Crippen molar-refractivity contribution in [3.05, 3.63) is 36.4 Å². The molecule has 1 aliphatic rings. The summed E-state index contributed by atoms with van der Waals surface area (Å²) in [5.74, 6) is 1.19. The van der Waals surface area contributed by atoms with Crippen LogP contribution in [0.15, 0.2) is 34.9 Å². The average molecular weight is 339 g/mol. The molecule has 1 aliphatic heterocycles. The van der Waals surface area contributed by atoms with E-state index in [0.717, 1.165) is 42.6 Å². The van der Waals surface area contributed by atoms with E-state index in [1.165, 1.54) is 0 Å². The van der Waals surface area contributed by atoms with Gasteiger partial charge in [-0.2, -0.15) is 0 Å². The molecule has 4 rings (SSSR count). The highest BCUT2D eigenvalue weighted by Gasteiger charge is 2.19. The molecule has 1 fully saturated rings. The first-order chi connectivity index (χ1) is 12.1. The molecule has 1 aromatic carbocycles. The molecule has 3 aromatic rings.